The Balaban J connectivity index is 1.88. The van der Waals surface area contributed by atoms with Crippen molar-refractivity contribution in [3.05, 3.63) is 29.6 Å². The summed E-state index contributed by atoms with van der Waals surface area (Å²) in [5.74, 6) is -1.97. The van der Waals surface area contributed by atoms with E-state index in [-0.39, 0.29) is 36.0 Å². The van der Waals surface area contributed by atoms with Gasteiger partial charge in [-0.3, -0.25) is 9.59 Å². The Morgan fingerprint density at radius 3 is 2.74 bits per heavy atom. The number of fused-ring (bicyclic) bond motifs is 1. The molecule has 0 saturated carbocycles. The molecule has 0 radical (unpaired) electrons. The lowest BCUT2D eigenvalue weighted by Gasteiger charge is -2.24. The molecule has 1 amide bonds. The van der Waals surface area contributed by atoms with Crippen molar-refractivity contribution in [2.45, 2.75) is 37.5 Å². The minimum absolute atomic E-state index is 0.0138. The lowest BCUT2D eigenvalue weighted by Crippen LogP contribution is -2.37. The van der Waals surface area contributed by atoms with Crippen molar-refractivity contribution in [3.8, 4) is 0 Å². The van der Waals surface area contributed by atoms with Crippen LogP contribution in [0.25, 0.3) is 0 Å². The van der Waals surface area contributed by atoms with Gasteiger partial charge in [0.05, 0.1) is 17.5 Å². The lowest BCUT2D eigenvalue weighted by molar-refractivity contribution is -0.137. The molecule has 2 aliphatic heterocycles. The molecule has 3 rings (SSSR count). The number of aryl methyl sites for hydroxylation is 1. The van der Waals surface area contributed by atoms with Gasteiger partial charge in [0.2, 0.25) is 5.91 Å². The zero-order valence-corrected chi connectivity index (χ0v) is 16.2. The molecular formula is C17H19FN2O5S2. The van der Waals surface area contributed by atoms with Gasteiger partial charge in [-0.1, -0.05) is 17.8 Å². The van der Waals surface area contributed by atoms with Crippen LogP contribution in [-0.4, -0.2) is 53.4 Å². The number of halogens is 1. The predicted octanol–water partition coefficient (Wildman–Crippen LogP) is 1.99. The number of benzene rings is 1. The predicted molar refractivity (Wildman–Crippen MR) is 101 cm³/mol. The molecule has 1 aromatic carbocycles. The molecule has 1 aromatic rings. The highest BCUT2D eigenvalue weighted by molar-refractivity contribution is 8.16. The summed E-state index contributed by atoms with van der Waals surface area (Å²) in [7, 11) is -3.20. The molecule has 2 fully saturated rings. The summed E-state index contributed by atoms with van der Waals surface area (Å²) in [4.78, 5) is 28.4. The van der Waals surface area contributed by atoms with Crippen LogP contribution in [0.4, 0.5) is 10.1 Å². The van der Waals surface area contributed by atoms with Crippen molar-refractivity contribution in [1.82, 2.24) is 0 Å². The van der Waals surface area contributed by atoms with Crippen LogP contribution in [-0.2, 0) is 19.4 Å². The van der Waals surface area contributed by atoms with Crippen molar-refractivity contribution in [2.24, 2.45) is 4.99 Å². The molecule has 146 valence electrons. The molecule has 0 spiro atoms. The zero-order chi connectivity index (χ0) is 19.8. The normalized spacial score (nSPS) is 25.0. The van der Waals surface area contributed by atoms with Gasteiger partial charge in [0.15, 0.2) is 15.0 Å². The maximum atomic E-state index is 14.0. The standard InChI is InChI=1S/C17H19FN2O5S2/c1-10-5-6-11(7-12(10)18)20-13-8-27(24,25)9-14(13)26-17(20)19-15(21)3-2-4-16(22)23/h5-7,13-14H,2-4,8-9H2,1H3,(H,22,23)/t13-,14-/m0/s1. The first kappa shape index (κ1) is 19.8. The van der Waals surface area contributed by atoms with Crippen LogP contribution in [0.2, 0.25) is 0 Å². The maximum Gasteiger partial charge on any atom is 0.303 e. The third kappa shape index (κ3) is 4.49. The van der Waals surface area contributed by atoms with Crippen molar-refractivity contribution in [1.29, 1.82) is 0 Å². The monoisotopic (exact) mass is 414 g/mol. The van der Waals surface area contributed by atoms with Crippen molar-refractivity contribution in [2.75, 3.05) is 16.4 Å². The second-order valence-electron chi connectivity index (χ2n) is 6.64. The number of carbonyl (C=O) groups is 2. The average molecular weight is 414 g/mol. The first-order chi connectivity index (χ1) is 12.7. The van der Waals surface area contributed by atoms with Crippen LogP contribution in [0.5, 0.6) is 0 Å². The number of anilines is 1. The molecule has 1 N–H and O–H groups in total. The number of thioether (sulfide) groups is 1. The Labute approximate surface area is 160 Å². The Morgan fingerprint density at radius 1 is 1.33 bits per heavy atom. The molecule has 27 heavy (non-hydrogen) atoms. The molecule has 0 aliphatic carbocycles. The highest BCUT2D eigenvalue weighted by Crippen LogP contribution is 2.41. The van der Waals surface area contributed by atoms with Gasteiger partial charge >= 0.3 is 5.97 Å². The van der Waals surface area contributed by atoms with E-state index in [1.54, 1.807) is 24.0 Å². The van der Waals surface area contributed by atoms with E-state index in [0.29, 0.717) is 16.4 Å². The second-order valence-corrected chi connectivity index (χ2v) is 10.00. The Bertz CT molecular complexity index is 916. The molecule has 2 aliphatic rings. The fourth-order valence-electron chi connectivity index (χ4n) is 3.15. The minimum Gasteiger partial charge on any atom is -0.481 e. The van der Waals surface area contributed by atoms with E-state index in [2.05, 4.69) is 4.99 Å². The van der Waals surface area contributed by atoms with E-state index in [0.717, 1.165) is 0 Å². The fourth-order valence-corrected chi connectivity index (χ4v) is 7.08. The highest BCUT2D eigenvalue weighted by atomic mass is 32.2. The number of aliphatic imine (C=N–C) groups is 1. The summed E-state index contributed by atoms with van der Waals surface area (Å²) >= 11 is 1.20. The first-order valence-corrected chi connectivity index (χ1v) is 11.1. The van der Waals surface area contributed by atoms with Gasteiger partial charge in [-0.25, -0.2) is 12.8 Å². The summed E-state index contributed by atoms with van der Waals surface area (Å²) in [6.45, 7) is 1.63. The third-order valence-electron chi connectivity index (χ3n) is 4.50. The van der Waals surface area contributed by atoms with Gasteiger partial charge in [0.1, 0.15) is 5.82 Å². The summed E-state index contributed by atoms with van der Waals surface area (Å²) in [6, 6.07) is 4.18. The van der Waals surface area contributed by atoms with E-state index in [1.807, 2.05) is 0 Å². The zero-order valence-electron chi connectivity index (χ0n) is 14.6. The number of hydrogen-bond acceptors (Lipinski definition) is 5. The van der Waals surface area contributed by atoms with Crippen molar-refractivity contribution in [3.63, 3.8) is 0 Å². The molecule has 2 heterocycles. The molecule has 0 unspecified atom stereocenters. The van der Waals surface area contributed by atoms with Crippen LogP contribution < -0.4 is 4.90 Å². The smallest absolute Gasteiger partial charge is 0.303 e. The lowest BCUT2D eigenvalue weighted by atomic mass is 10.1. The van der Waals surface area contributed by atoms with Gasteiger partial charge in [-0.15, -0.1) is 0 Å². The number of rotatable bonds is 5. The minimum atomic E-state index is -3.20. The number of carbonyl (C=O) groups excluding carboxylic acids is 1. The number of sulfone groups is 1. The van der Waals surface area contributed by atoms with Gasteiger partial charge in [-0.05, 0) is 31.0 Å². The number of aliphatic carboxylic acids is 1. The first-order valence-electron chi connectivity index (χ1n) is 8.42. The Kier molecular flexibility index (Phi) is 5.57. The van der Waals surface area contributed by atoms with Gasteiger partial charge in [0, 0.05) is 23.8 Å². The number of amides is 1. The van der Waals surface area contributed by atoms with Crippen LogP contribution in [0.15, 0.2) is 23.2 Å². The highest BCUT2D eigenvalue weighted by Gasteiger charge is 2.49. The number of carboxylic acid groups (broad SMARTS) is 1. The molecule has 10 heteroatoms. The number of nitrogens with zero attached hydrogens (tertiary/aromatic N) is 2. The molecule has 2 atom stereocenters. The quantitative estimate of drug-likeness (QED) is 0.786. The maximum absolute atomic E-state index is 14.0. The van der Waals surface area contributed by atoms with Gasteiger partial charge < -0.3 is 10.0 Å². The summed E-state index contributed by atoms with van der Waals surface area (Å²) in [5, 5.41) is 8.72. The topological polar surface area (TPSA) is 104 Å². The second kappa shape index (κ2) is 7.59. The van der Waals surface area contributed by atoms with E-state index >= 15 is 0 Å². The number of carboxylic acids is 1. The summed E-state index contributed by atoms with van der Waals surface area (Å²) in [5.41, 5.74) is 0.914. The average Bonchev–Trinajstić information content (AvgIpc) is 3.00. The largest absolute Gasteiger partial charge is 0.481 e. The van der Waals surface area contributed by atoms with Crippen molar-refractivity contribution >= 4 is 44.3 Å². The Hall–Kier alpha value is -1.94. The Morgan fingerprint density at radius 2 is 2.07 bits per heavy atom. The molecular weight excluding hydrogens is 395 g/mol. The number of amidine groups is 1. The summed E-state index contributed by atoms with van der Waals surface area (Å²) in [6.07, 6.45) is 0.0379. The molecule has 7 nitrogen and oxygen atoms in total. The molecule has 0 aromatic heterocycles. The van der Waals surface area contributed by atoms with E-state index in [9.17, 15) is 22.4 Å². The van der Waals surface area contributed by atoms with E-state index in [1.165, 1.54) is 17.8 Å². The third-order valence-corrected chi connectivity index (χ3v) is 7.71. The number of hydrogen-bond donors (Lipinski definition) is 1. The van der Waals surface area contributed by atoms with E-state index < -0.39 is 33.6 Å². The molecule has 2 saturated heterocycles. The van der Waals surface area contributed by atoms with Crippen LogP contribution in [0, 0.1) is 12.7 Å². The van der Waals surface area contributed by atoms with E-state index in [4.69, 9.17) is 5.11 Å². The summed E-state index contributed by atoms with van der Waals surface area (Å²) < 4.78 is 38.0. The van der Waals surface area contributed by atoms with Gasteiger partial charge in [0.25, 0.3) is 0 Å². The SMILES string of the molecule is Cc1ccc(N2C(=NC(=O)CCCC(=O)O)S[C@H]3CS(=O)(=O)C[C@@H]32)cc1F. The van der Waals surface area contributed by atoms with Crippen LogP contribution >= 0.6 is 11.8 Å². The fraction of sp³-hybridized carbons (Fsp3) is 0.471. The van der Waals surface area contributed by atoms with Crippen LogP contribution in [0.3, 0.4) is 0 Å². The van der Waals surface area contributed by atoms with Crippen LogP contribution in [0.1, 0.15) is 24.8 Å². The van der Waals surface area contributed by atoms with Crippen molar-refractivity contribution < 1.29 is 27.5 Å². The van der Waals surface area contributed by atoms with Gasteiger partial charge in [-0.2, -0.15) is 4.99 Å². The molecule has 0 bridgehead atoms.